The first-order valence-corrected chi connectivity index (χ1v) is 4.98. The van der Waals surface area contributed by atoms with E-state index in [-0.39, 0.29) is 0 Å². The molecule has 0 saturated heterocycles. The van der Waals surface area contributed by atoms with Crippen LogP contribution >= 0.6 is 0 Å². The molecule has 15 heavy (non-hydrogen) atoms. The number of nitrogens with two attached hydrogens (primary N) is 1. The Hall–Kier alpha value is -0.810. The van der Waals surface area contributed by atoms with Crippen LogP contribution in [0.5, 0.6) is 0 Å². The SMILES string of the molecule is CC(C)(C)N(C(=O)O)C(C)(C)CCON. The van der Waals surface area contributed by atoms with Crippen LogP contribution in [-0.2, 0) is 4.84 Å². The lowest BCUT2D eigenvalue weighted by molar-refractivity contribution is 0.0112. The van der Waals surface area contributed by atoms with Gasteiger partial charge in [-0.3, -0.25) is 4.90 Å². The molecule has 0 aromatic carbocycles. The Bertz CT molecular complexity index is 221. The standard InChI is InChI=1S/C10H22N2O3/c1-9(2,3)12(8(13)14)10(4,5)6-7-15-11/h6-7,11H2,1-5H3,(H,13,14). The van der Waals surface area contributed by atoms with Crippen LogP contribution < -0.4 is 5.90 Å². The van der Waals surface area contributed by atoms with E-state index in [4.69, 9.17) is 5.90 Å². The predicted octanol–water partition coefficient (Wildman–Crippen LogP) is 1.82. The molecular weight excluding hydrogens is 196 g/mol. The van der Waals surface area contributed by atoms with Crippen molar-refractivity contribution < 1.29 is 14.7 Å². The quantitative estimate of drug-likeness (QED) is 0.706. The first-order chi connectivity index (χ1) is 6.63. The first-order valence-electron chi connectivity index (χ1n) is 4.98. The van der Waals surface area contributed by atoms with Crippen LogP contribution in [0.4, 0.5) is 4.79 Å². The number of carboxylic acid groups (broad SMARTS) is 1. The van der Waals surface area contributed by atoms with Gasteiger partial charge in [0.2, 0.25) is 0 Å². The lowest BCUT2D eigenvalue weighted by atomic mass is 9.92. The third kappa shape index (κ3) is 4.05. The molecule has 0 atom stereocenters. The summed E-state index contributed by atoms with van der Waals surface area (Å²) >= 11 is 0. The maximum Gasteiger partial charge on any atom is 0.408 e. The molecule has 0 aliphatic rings. The van der Waals surface area contributed by atoms with E-state index in [1.54, 1.807) is 0 Å². The number of amides is 1. The van der Waals surface area contributed by atoms with E-state index in [0.717, 1.165) is 0 Å². The van der Waals surface area contributed by atoms with E-state index in [1.807, 2.05) is 34.6 Å². The fourth-order valence-corrected chi connectivity index (χ4v) is 1.87. The van der Waals surface area contributed by atoms with Gasteiger partial charge in [-0.15, -0.1) is 0 Å². The maximum atomic E-state index is 11.2. The molecule has 5 nitrogen and oxygen atoms in total. The average molecular weight is 218 g/mol. The summed E-state index contributed by atoms with van der Waals surface area (Å²) < 4.78 is 0. The second-order valence-electron chi connectivity index (χ2n) is 5.22. The van der Waals surface area contributed by atoms with E-state index >= 15 is 0 Å². The van der Waals surface area contributed by atoms with Crippen LogP contribution in [0.3, 0.4) is 0 Å². The van der Waals surface area contributed by atoms with Crippen molar-refractivity contribution >= 4 is 6.09 Å². The van der Waals surface area contributed by atoms with Crippen molar-refractivity contribution in [3.63, 3.8) is 0 Å². The number of hydrogen-bond donors (Lipinski definition) is 2. The third-order valence-electron chi connectivity index (χ3n) is 2.30. The molecule has 0 fully saturated rings. The smallest absolute Gasteiger partial charge is 0.408 e. The largest absolute Gasteiger partial charge is 0.465 e. The summed E-state index contributed by atoms with van der Waals surface area (Å²) in [5.74, 6) is 4.96. The fraction of sp³-hybridized carbons (Fsp3) is 0.900. The van der Waals surface area contributed by atoms with E-state index in [1.165, 1.54) is 4.90 Å². The molecule has 0 aromatic rings. The highest BCUT2D eigenvalue weighted by Gasteiger charge is 2.38. The molecule has 0 unspecified atom stereocenters. The number of hydrogen-bond acceptors (Lipinski definition) is 3. The van der Waals surface area contributed by atoms with Gasteiger partial charge in [0.25, 0.3) is 0 Å². The van der Waals surface area contributed by atoms with Crippen LogP contribution in [0.25, 0.3) is 0 Å². The summed E-state index contributed by atoms with van der Waals surface area (Å²) in [6.07, 6.45) is -0.364. The average Bonchev–Trinajstić information content (AvgIpc) is 1.96. The molecule has 0 aromatic heterocycles. The molecule has 0 rings (SSSR count). The minimum absolute atomic E-state index is 0.340. The summed E-state index contributed by atoms with van der Waals surface area (Å²) in [4.78, 5) is 17.1. The molecule has 90 valence electrons. The van der Waals surface area contributed by atoms with Gasteiger partial charge in [0.15, 0.2) is 0 Å². The van der Waals surface area contributed by atoms with E-state index < -0.39 is 17.2 Å². The van der Waals surface area contributed by atoms with Gasteiger partial charge in [-0.2, -0.15) is 0 Å². The van der Waals surface area contributed by atoms with Gasteiger partial charge in [0.1, 0.15) is 0 Å². The molecule has 5 heteroatoms. The number of nitrogens with zero attached hydrogens (tertiary/aromatic N) is 1. The predicted molar refractivity (Wildman–Crippen MR) is 58.5 cm³/mol. The Morgan fingerprint density at radius 3 is 2.07 bits per heavy atom. The molecule has 0 aliphatic carbocycles. The molecule has 1 amide bonds. The van der Waals surface area contributed by atoms with Gasteiger partial charge < -0.3 is 9.94 Å². The van der Waals surface area contributed by atoms with Crippen molar-refractivity contribution in [3.8, 4) is 0 Å². The highest BCUT2D eigenvalue weighted by molar-refractivity contribution is 5.67. The molecule has 0 radical (unpaired) electrons. The van der Waals surface area contributed by atoms with Gasteiger partial charge in [-0.25, -0.2) is 10.7 Å². The molecule has 3 N–H and O–H groups in total. The van der Waals surface area contributed by atoms with Gasteiger partial charge in [0, 0.05) is 11.1 Å². The third-order valence-corrected chi connectivity index (χ3v) is 2.30. The van der Waals surface area contributed by atoms with Crippen molar-refractivity contribution in [3.05, 3.63) is 0 Å². The lowest BCUT2D eigenvalue weighted by Gasteiger charge is -2.45. The number of carbonyl (C=O) groups is 1. The van der Waals surface area contributed by atoms with Crippen LogP contribution in [0.15, 0.2) is 0 Å². The fourth-order valence-electron chi connectivity index (χ4n) is 1.87. The summed E-state index contributed by atoms with van der Waals surface area (Å²) in [5.41, 5.74) is -0.937. The van der Waals surface area contributed by atoms with Gasteiger partial charge >= 0.3 is 6.09 Å². The Kier molecular flexibility index (Phi) is 4.55. The normalized spacial score (nSPS) is 12.7. The van der Waals surface area contributed by atoms with E-state index in [2.05, 4.69) is 4.84 Å². The summed E-state index contributed by atoms with van der Waals surface area (Å²) in [6.45, 7) is 9.67. The van der Waals surface area contributed by atoms with E-state index in [0.29, 0.717) is 13.0 Å². The Morgan fingerprint density at radius 1 is 1.33 bits per heavy atom. The maximum absolute atomic E-state index is 11.2. The van der Waals surface area contributed by atoms with Crippen molar-refractivity contribution in [2.75, 3.05) is 6.61 Å². The van der Waals surface area contributed by atoms with Crippen molar-refractivity contribution in [1.29, 1.82) is 0 Å². The zero-order chi connectivity index (χ0) is 12.3. The van der Waals surface area contributed by atoms with Crippen LogP contribution in [0, 0.1) is 0 Å². The van der Waals surface area contributed by atoms with Gasteiger partial charge in [-0.05, 0) is 41.0 Å². The second-order valence-corrected chi connectivity index (χ2v) is 5.22. The number of rotatable bonds is 4. The Balaban J connectivity index is 4.83. The zero-order valence-electron chi connectivity index (χ0n) is 10.2. The van der Waals surface area contributed by atoms with Gasteiger partial charge in [-0.1, -0.05) is 0 Å². The molecule has 0 bridgehead atoms. The molecule has 0 heterocycles. The summed E-state index contributed by atoms with van der Waals surface area (Å²) in [7, 11) is 0. The highest BCUT2D eigenvalue weighted by atomic mass is 16.6. The monoisotopic (exact) mass is 218 g/mol. The van der Waals surface area contributed by atoms with Crippen molar-refractivity contribution in [1.82, 2.24) is 4.90 Å². The van der Waals surface area contributed by atoms with Crippen LogP contribution in [0.1, 0.15) is 41.0 Å². The van der Waals surface area contributed by atoms with Crippen molar-refractivity contribution in [2.24, 2.45) is 5.90 Å². The minimum Gasteiger partial charge on any atom is -0.465 e. The Morgan fingerprint density at radius 2 is 1.80 bits per heavy atom. The summed E-state index contributed by atoms with van der Waals surface area (Å²) in [5, 5.41) is 9.20. The van der Waals surface area contributed by atoms with E-state index in [9.17, 15) is 9.90 Å². The lowest BCUT2D eigenvalue weighted by Crippen LogP contribution is -2.57. The van der Waals surface area contributed by atoms with Crippen LogP contribution in [-0.4, -0.2) is 33.8 Å². The second kappa shape index (κ2) is 4.81. The first kappa shape index (κ1) is 14.2. The molecule has 0 saturated carbocycles. The summed E-state index contributed by atoms with van der Waals surface area (Å²) in [6, 6.07) is 0. The topological polar surface area (TPSA) is 75.8 Å². The minimum atomic E-state index is -0.926. The highest BCUT2D eigenvalue weighted by Crippen LogP contribution is 2.27. The zero-order valence-corrected chi connectivity index (χ0v) is 10.2. The molecule has 0 spiro atoms. The van der Waals surface area contributed by atoms with Gasteiger partial charge in [0.05, 0.1) is 6.61 Å². The van der Waals surface area contributed by atoms with Crippen molar-refractivity contribution in [2.45, 2.75) is 52.1 Å². The van der Waals surface area contributed by atoms with Crippen LogP contribution in [0.2, 0.25) is 0 Å². The Labute approximate surface area is 91.1 Å². The molecular formula is C10H22N2O3. The molecule has 0 aliphatic heterocycles.